The smallest absolute Gasteiger partial charge is 0.225 e. The zero-order valence-electron chi connectivity index (χ0n) is 11.2. The lowest BCUT2D eigenvalue weighted by atomic mass is 9.98. The largest absolute Gasteiger partial charge is 0.377 e. The molecule has 0 aliphatic carbocycles. The third kappa shape index (κ3) is 4.64. The summed E-state index contributed by atoms with van der Waals surface area (Å²) in [6.07, 6.45) is 2.77. The molecule has 1 heterocycles. The van der Waals surface area contributed by atoms with Crippen molar-refractivity contribution in [3.63, 3.8) is 0 Å². The van der Waals surface area contributed by atoms with Gasteiger partial charge in [-0.2, -0.15) is 0 Å². The van der Waals surface area contributed by atoms with Crippen LogP contribution >= 0.6 is 0 Å². The average molecular weight is 242 g/mol. The predicted octanol–water partition coefficient (Wildman–Crippen LogP) is 1.29. The van der Waals surface area contributed by atoms with Crippen molar-refractivity contribution in [2.45, 2.75) is 52.2 Å². The minimum Gasteiger partial charge on any atom is -0.377 e. The summed E-state index contributed by atoms with van der Waals surface area (Å²) in [5, 5.41) is 2.95. The van der Waals surface area contributed by atoms with Crippen LogP contribution in [0.4, 0.5) is 0 Å². The van der Waals surface area contributed by atoms with Gasteiger partial charge in [-0.25, -0.2) is 0 Å². The first-order valence-corrected chi connectivity index (χ1v) is 6.69. The van der Waals surface area contributed by atoms with Crippen LogP contribution in [-0.2, 0) is 9.53 Å². The summed E-state index contributed by atoms with van der Waals surface area (Å²) >= 11 is 0. The molecule has 1 rings (SSSR count). The summed E-state index contributed by atoms with van der Waals surface area (Å²) in [5.74, 6) is 0.694. The highest BCUT2D eigenvalue weighted by molar-refractivity contribution is 5.79. The van der Waals surface area contributed by atoms with Crippen LogP contribution in [0.2, 0.25) is 0 Å². The highest BCUT2D eigenvalue weighted by Gasteiger charge is 2.32. The third-order valence-electron chi connectivity index (χ3n) is 3.26. The predicted molar refractivity (Wildman–Crippen MR) is 68.6 cm³/mol. The Morgan fingerprint density at radius 3 is 2.82 bits per heavy atom. The van der Waals surface area contributed by atoms with Gasteiger partial charge in [0, 0.05) is 19.2 Å². The monoisotopic (exact) mass is 242 g/mol. The Morgan fingerprint density at radius 2 is 2.24 bits per heavy atom. The summed E-state index contributed by atoms with van der Waals surface area (Å²) in [6.45, 7) is 7.61. The molecule has 3 N–H and O–H groups in total. The molecule has 3 atom stereocenters. The number of nitrogens with two attached hydrogens (primary N) is 1. The molecule has 0 aromatic heterocycles. The van der Waals surface area contributed by atoms with Gasteiger partial charge >= 0.3 is 0 Å². The fourth-order valence-corrected chi connectivity index (χ4v) is 2.40. The molecule has 0 radical (unpaired) electrons. The molecule has 17 heavy (non-hydrogen) atoms. The maximum absolute atomic E-state index is 12.0. The number of ether oxygens (including phenoxy) is 1. The van der Waals surface area contributed by atoms with Crippen LogP contribution in [0, 0.1) is 11.8 Å². The SMILES string of the molecule is CCC1OCCC1C(=O)NCC(N)CC(C)C. The van der Waals surface area contributed by atoms with Gasteiger partial charge in [-0.05, 0) is 25.2 Å². The summed E-state index contributed by atoms with van der Waals surface area (Å²) < 4.78 is 5.52. The average Bonchev–Trinajstić information content (AvgIpc) is 2.72. The molecule has 1 aliphatic heterocycles. The lowest BCUT2D eigenvalue weighted by molar-refractivity contribution is -0.126. The van der Waals surface area contributed by atoms with Gasteiger partial charge < -0.3 is 15.8 Å². The van der Waals surface area contributed by atoms with Crippen LogP contribution < -0.4 is 11.1 Å². The zero-order chi connectivity index (χ0) is 12.8. The van der Waals surface area contributed by atoms with Gasteiger partial charge in [0.2, 0.25) is 5.91 Å². The number of hydrogen-bond acceptors (Lipinski definition) is 3. The van der Waals surface area contributed by atoms with Crippen molar-refractivity contribution >= 4 is 5.91 Å². The van der Waals surface area contributed by atoms with Gasteiger partial charge in [0.05, 0.1) is 12.0 Å². The van der Waals surface area contributed by atoms with Gasteiger partial charge in [-0.3, -0.25) is 4.79 Å². The van der Waals surface area contributed by atoms with E-state index in [9.17, 15) is 4.79 Å². The number of hydrogen-bond donors (Lipinski definition) is 2. The second-order valence-electron chi connectivity index (χ2n) is 5.35. The van der Waals surface area contributed by atoms with E-state index in [-0.39, 0.29) is 24.0 Å². The first-order chi connectivity index (χ1) is 8.04. The van der Waals surface area contributed by atoms with Gasteiger partial charge in [-0.15, -0.1) is 0 Å². The Labute approximate surface area is 104 Å². The Morgan fingerprint density at radius 1 is 1.53 bits per heavy atom. The minimum absolute atomic E-state index is 0.0197. The Hall–Kier alpha value is -0.610. The highest BCUT2D eigenvalue weighted by Crippen LogP contribution is 2.23. The first-order valence-electron chi connectivity index (χ1n) is 6.69. The molecule has 1 aliphatic rings. The molecule has 0 spiro atoms. The molecule has 1 saturated heterocycles. The van der Waals surface area contributed by atoms with E-state index in [1.54, 1.807) is 0 Å². The summed E-state index contributed by atoms with van der Waals surface area (Å²) in [5.41, 5.74) is 5.94. The minimum atomic E-state index is 0.0197. The van der Waals surface area contributed by atoms with Crippen molar-refractivity contribution < 1.29 is 9.53 Å². The second-order valence-corrected chi connectivity index (χ2v) is 5.35. The van der Waals surface area contributed by atoms with Gasteiger partial charge in [-0.1, -0.05) is 20.8 Å². The van der Waals surface area contributed by atoms with Gasteiger partial charge in [0.15, 0.2) is 0 Å². The number of carbonyl (C=O) groups excluding carboxylic acids is 1. The summed E-state index contributed by atoms with van der Waals surface area (Å²) in [4.78, 5) is 12.0. The molecule has 100 valence electrons. The molecule has 0 aromatic carbocycles. The van der Waals surface area contributed by atoms with Crippen molar-refractivity contribution in [3.8, 4) is 0 Å². The molecule has 0 saturated carbocycles. The molecule has 1 fully saturated rings. The Balaban J connectivity index is 2.29. The van der Waals surface area contributed by atoms with E-state index in [2.05, 4.69) is 26.1 Å². The number of rotatable bonds is 6. The molecule has 3 unspecified atom stereocenters. The van der Waals surface area contributed by atoms with Crippen LogP contribution in [0.15, 0.2) is 0 Å². The van der Waals surface area contributed by atoms with E-state index in [4.69, 9.17) is 10.5 Å². The van der Waals surface area contributed by atoms with E-state index in [1.807, 2.05) is 0 Å². The van der Waals surface area contributed by atoms with E-state index < -0.39 is 0 Å². The first kappa shape index (κ1) is 14.5. The van der Waals surface area contributed by atoms with Crippen LogP contribution in [0.3, 0.4) is 0 Å². The molecule has 4 heteroatoms. The highest BCUT2D eigenvalue weighted by atomic mass is 16.5. The van der Waals surface area contributed by atoms with Crippen molar-refractivity contribution in [1.29, 1.82) is 0 Å². The normalized spacial score (nSPS) is 26.2. The molecule has 4 nitrogen and oxygen atoms in total. The Bertz CT molecular complexity index is 244. The van der Waals surface area contributed by atoms with Crippen LogP contribution in [0.5, 0.6) is 0 Å². The lowest BCUT2D eigenvalue weighted by Crippen LogP contribution is -2.42. The van der Waals surface area contributed by atoms with Crippen molar-refractivity contribution in [1.82, 2.24) is 5.32 Å². The number of carbonyl (C=O) groups is 1. The van der Waals surface area contributed by atoms with E-state index >= 15 is 0 Å². The van der Waals surface area contributed by atoms with Crippen LogP contribution in [0.1, 0.15) is 40.0 Å². The van der Waals surface area contributed by atoms with E-state index in [1.165, 1.54) is 0 Å². The maximum Gasteiger partial charge on any atom is 0.225 e. The third-order valence-corrected chi connectivity index (χ3v) is 3.26. The fourth-order valence-electron chi connectivity index (χ4n) is 2.40. The molecule has 1 amide bonds. The van der Waals surface area contributed by atoms with Gasteiger partial charge in [0.25, 0.3) is 0 Å². The second kappa shape index (κ2) is 6.97. The quantitative estimate of drug-likeness (QED) is 0.737. The standard InChI is InChI=1S/C13H26N2O2/c1-4-12-11(5-6-17-12)13(16)15-8-10(14)7-9(2)3/h9-12H,4-8,14H2,1-3H3,(H,15,16). The molecular weight excluding hydrogens is 216 g/mol. The number of nitrogens with one attached hydrogen (secondary N) is 1. The van der Waals surface area contributed by atoms with E-state index in [0.29, 0.717) is 19.1 Å². The Kier molecular flexibility index (Phi) is 5.92. The maximum atomic E-state index is 12.0. The summed E-state index contributed by atoms with van der Waals surface area (Å²) in [6, 6.07) is 0.0568. The summed E-state index contributed by atoms with van der Waals surface area (Å²) in [7, 11) is 0. The van der Waals surface area contributed by atoms with Crippen molar-refractivity contribution in [2.75, 3.05) is 13.2 Å². The lowest BCUT2D eigenvalue weighted by Gasteiger charge is -2.19. The molecular formula is C13H26N2O2. The van der Waals surface area contributed by atoms with Crippen LogP contribution in [-0.4, -0.2) is 31.2 Å². The van der Waals surface area contributed by atoms with Crippen molar-refractivity contribution in [2.24, 2.45) is 17.6 Å². The van der Waals surface area contributed by atoms with Crippen molar-refractivity contribution in [3.05, 3.63) is 0 Å². The molecule has 0 bridgehead atoms. The van der Waals surface area contributed by atoms with Crippen LogP contribution in [0.25, 0.3) is 0 Å². The zero-order valence-corrected chi connectivity index (χ0v) is 11.2. The number of amides is 1. The van der Waals surface area contributed by atoms with Gasteiger partial charge in [0.1, 0.15) is 0 Å². The fraction of sp³-hybridized carbons (Fsp3) is 0.923. The van der Waals surface area contributed by atoms with E-state index in [0.717, 1.165) is 19.3 Å². The topological polar surface area (TPSA) is 64.3 Å². The molecule has 0 aromatic rings.